The van der Waals surface area contributed by atoms with Crippen molar-refractivity contribution in [2.24, 2.45) is 0 Å². The normalized spacial score (nSPS) is 26.0. The van der Waals surface area contributed by atoms with Gasteiger partial charge in [0.1, 0.15) is 5.82 Å². The lowest BCUT2D eigenvalue weighted by Gasteiger charge is -2.36. The van der Waals surface area contributed by atoms with E-state index < -0.39 is 5.60 Å². The Balaban J connectivity index is 1.53. The van der Waals surface area contributed by atoms with E-state index >= 15 is 0 Å². The van der Waals surface area contributed by atoms with Crippen molar-refractivity contribution in [2.75, 3.05) is 52.9 Å². The van der Waals surface area contributed by atoms with Gasteiger partial charge in [-0.25, -0.2) is 4.39 Å². The average Bonchev–Trinajstić information content (AvgIpc) is 2.92. The highest BCUT2D eigenvalue weighted by molar-refractivity contribution is 5.79. The van der Waals surface area contributed by atoms with Crippen LogP contribution in [0.2, 0.25) is 0 Å². The van der Waals surface area contributed by atoms with Crippen LogP contribution in [0, 0.1) is 5.82 Å². The molecule has 1 N–H and O–H groups in total. The molecule has 5 nitrogen and oxygen atoms in total. The highest BCUT2D eigenvalue weighted by atomic mass is 19.1. The fourth-order valence-corrected chi connectivity index (χ4v) is 3.55. The number of likely N-dealkylation sites (N-methyl/N-ethyl adjacent to an activating group) is 1. The fourth-order valence-electron chi connectivity index (χ4n) is 3.55. The fraction of sp³-hybridized carbons (Fsp3) is 0.611. The minimum atomic E-state index is -0.826. The van der Waals surface area contributed by atoms with Gasteiger partial charge in [0.15, 0.2) is 0 Å². The van der Waals surface area contributed by atoms with Crippen molar-refractivity contribution in [2.45, 2.75) is 18.4 Å². The monoisotopic (exact) mass is 335 g/mol. The average molecular weight is 335 g/mol. The first-order chi connectivity index (χ1) is 11.4. The number of halogens is 1. The summed E-state index contributed by atoms with van der Waals surface area (Å²) < 4.78 is 13.2. The molecule has 6 heteroatoms. The number of likely N-dealkylation sites (tertiary alicyclic amines) is 1. The first kappa shape index (κ1) is 17.3. The molecule has 3 rings (SSSR count). The van der Waals surface area contributed by atoms with Crippen molar-refractivity contribution >= 4 is 5.91 Å². The minimum absolute atomic E-state index is 0.0464. The SMILES string of the molecule is CN1CCN(C[C@@]2(O)CCN(C(=O)Cc3cccc(F)c3)C2)CC1. The van der Waals surface area contributed by atoms with Crippen molar-refractivity contribution in [3.8, 4) is 0 Å². The van der Waals surface area contributed by atoms with Crippen molar-refractivity contribution in [3.05, 3.63) is 35.6 Å². The lowest BCUT2D eigenvalue weighted by atomic mass is 10.0. The molecule has 0 aromatic heterocycles. The van der Waals surface area contributed by atoms with E-state index in [4.69, 9.17) is 0 Å². The smallest absolute Gasteiger partial charge is 0.227 e. The molecule has 1 amide bonds. The van der Waals surface area contributed by atoms with Crippen LogP contribution in [0.3, 0.4) is 0 Å². The molecule has 2 aliphatic heterocycles. The van der Waals surface area contributed by atoms with Gasteiger partial charge in [-0.3, -0.25) is 9.69 Å². The number of carbonyl (C=O) groups excluding carboxylic acids is 1. The maximum atomic E-state index is 13.2. The van der Waals surface area contributed by atoms with E-state index in [9.17, 15) is 14.3 Å². The number of piperazine rings is 1. The van der Waals surface area contributed by atoms with E-state index in [0.717, 1.165) is 26.2 Å². The van der Waals surface area contributed by atoms with Crippen LogP contribution in [-0.4, -0.2) is 84.2 Å². The Morgan fingerprint density at radius 3 is 2.71 bits per heavy atom. The van der Waals surface area contributed by atoms with Crippen LogP contribution in [0.15, 0.2) is 24.3 Å². The molecule has 1 aromatic rings. The van der Waals surface area contributed by atoms with Gasteiger partial charge >= 0.3 is 0 Å². The molecule has 0 aliphatic carbocycles. The van der Waals surface area contributed by atoms with Crippen molar-refractivity contribution < 1.29 is 14.3 Å². The third-order valence-corrected chi connectivity index (χ3v) is 5.04. The number of carbonyl (C=O) groups is 1. The van der Waals surface area contributed by atoms with Crippen LogP contribution in [0.5, 0.6) is 0 Å². The van der Waals surface area contributed by atoms with Gasteiger partial charge in [-0.05, 0) is 31.2 Å². The Morgan fingerprint density at radius 2 is 2.00 bits per heavy atom. The summed E-state index contributed by atoms with van der Waals surface area (Å²) in [6.45, 7) is 5.49. The Bertz CT molecular complexity index is 589. The third kappa shape index (κ3) is 4.32. The summed E-state index contributed by atoms with van der Waals surface area (Å²) in [5, 5.41) is 10.8. The maximum absolute atomic E-state index is 13.2. The summed E-state index contributed by atoms with van der Waals surface area (Å²) in [6.07, 6.45) is 0.788. The first-order valence-corrected chi connectivity index (χ1v) is 8.59. The minimum Gasteiger partial charge on any atom is -0.387 e. The maximum Gasteiger partial charge on any atom is 0.227 e. The number of hydrogen-bond donors (Lipinski definition) is 1. The molecule has 0 radical (unpaired) electrons. The van der Waals surface area contributed by atoms with Gasteiger partial charge in [0.25, 0.3) is 0 Å². The predicted molar refractivity (Wildman–Crippen MR) is 90.2 cm³/mol. The number of rotatable bonds is 4. The lowest BCUT2D eigenvalue weighted by Crippen LogP contribution is -2.52. The van der Waals surface area contributed by atoms with Crippen molar-refractivity contribution in [3.63, 3.8) is 0 Å². The highest BCUT2D eigenvalue weighted by Gasteiger charge is 2.39. The lowest BCUT2D eigenvalue weighted by molar-refractivity contribution is -0.130. The van der Waals surface area contributed by atoms with Crippen LogP contribution >= 0.6 is 0 Å². The Labute approximate surface area is 142 Å². The van der Waals surface area contributed by atoms with Gasteiger partial charge in [-0.2, -0.15) is 0 Å². The largest absolute Gasteiger partial charge is 0.387 e. The molecule has 0 bridgehead atoms. The highest BCUT2D eigenvalue weighted by Crippen LogP contribution is 2.24. The van der Waals surface area contributed by atoms with Crippen LogP contribution < -0.4 is 0 Å². The molecule has 1 aromatic carbocycles. The van der Waals surface area contributed by atoms with Crippen LogP contribution in [-0.2, 0) is 11.2 Å². The van der Waals surface area contributed by atoms with Crippen LogP contribution in [0.1, 0.15) is 12.0 Å². The quantitative estimate of drug-likeness (QED) is 0.874. The van der Waals surface area contributed by atoms with Crippen LogP contribution in [0.25, 0.3) is 0 Å². The summed E-state index contributed by atoms with van der Waals surface area (Å²) >= 11 is 0. The van der Waals surface area contributed by atoms with E-state index in [1.54, 1.807) is 17.0 Å². The van der Waals surface area contributed by atoms with E-state index in [1.807, 2.05) is 0 Å². The molecule has 2 fully saturated rings. The number of β-amino-alcohol motifs (C(OH)–C–C–N with tert-alkyl or cyclic N) is 1. The van der Waals surface area contributed by atoms with Gasteiger partial charge in [0.05, 0.1) is 18.6 Å². The molecule has 2 heterocycles. The van der Waals surface area contributed by atoms with Crippen LogP contribution in [0.4, 0.5) is 4.39 Å². The molecule has 0 unspecified atom stereocenters. The number of aliphatic hydroxyl groups is 1. The second kappa shape index (κ2) is 7.17. The summed E-state index contributed by atoms with van der Waals surface area (Å²) in [7, 11) is 2.11. The zero-order valence-corrected chi connectivity index (χ0v) is 14.2. The molecule has 132 valence electrons. The van der Waals surface area contributed by atoms with E-state index in [0.29, 0.717) is 31.6 Å². The first-order valence-electron chi connectivity index (χ1n) is 8.59. The second-order valence-electron chi connectivity index (χ2n) is 7.18. The zero-order valence-electron chi connectivity index (χ0n) is 14.2. The van der Waals surface area contributed by atoms with Gasteiger partial charge in [-0.15, -0.1) is 0 Å². The summed E-state index contributed by atoms with van der Waals surface area (Å²) in [4.78, 5) is 18.7. The van der Waals surface area contributed by atoms with Crippen molar-refractivity contribution in [1.82, 2.24) is 14.7 Å². The van der Waals surface area contributed by atoms with E-state index in [2.05, 4.69) is 16.8 Å². The molecule has 1 atom stereocenters. The molecule has 2 saturated heterocycles. The molecule has 0 spiro atoms. The summed E-state index contributed by atoms with van der Waals surface area (Å²) in [6, 6.07) is 6.14. The van der Waals surface area contributed by atoms with Gasteiger partial charge in [0, 0.05) is 39.3 Å². The summed E-state index contributed by atoms with van der Waals surface area (Å²) in [5.74, 6) is -0.372. The molecule has 2 aliphatic rings. The molecule has 0 saturated carbocycles. The number of amides is 1. The number of nitrogens with zero attached hydrogens (tertiary/aromatic N) is 3. The Morgan fingerprint density at radius 1 is 1.25 bits per heavy atom. The third-order valence-electron chi connectivity index (χ3n) is 5.04. The van der Waals surface area contributed by atoms with E-state index in [1.165, 1.54) is 12.1 Å². The standard InChI is InChI=1S/C18H26FN3O2/c1-20-7-9-21(10-8-20)13-18(24)5-6-22(14-18)17(23)12-15-3-2-4-16(19)11-15/h2-4,11,24H,5-10,12-14H2,1H3/t18-/m0/s1. The van der Waals surface area contributed by atoms with Gasteiger partial charge in [-0.1, -0.05) is 12.1 Å². The number of benzene rings is 1. The summed E-state index contributed by atoms with van der Waals surface area (Å²) in [5.41, 5.74) is -0.150. The molecular formula is C18H26FN3O2. The topological polar surface area (TPSA) is 47.0 Å². The Kier molecular flexibility index (Phi) is 5.18. The molecule has 24 heavy (non-hydrogen) atoms. The Hall–Kier alpha value is -1.50. The predicted octanol–water partition coefficient (Wildman–Crippen LogP) is 0.579. The van der Waals surface area contributed by atoms with Crippen molar-refractivity contribution in [1.29, 1.82) is 0 Å². The van der Waals surface area contributed by atoms with Gasteiger partial charge < -0.3 is 14.9 Å². The number of hydrogen-bond acceptors (Lipinski definition) is 4. The second-order valence-corrected chi connectivity index (χ2v) is 7.18. The van der Waals surface area contributed by atoms with Gasteiger partial charge in [0.2, 0.25) is 5.91 Å². The zero-order chi connectivity index (χ0) is 17.2. The van der Waals surface area contributed by atoms with E-state index in [-0.39, 0.29) is 18.1 Å². The molecular weight excluding hydrogens is 309 g/mol.